The largest absolute Gasteiger partial charge is 0.489 e. The minimum absolute atomic E-state index is 0.0488. The van der Waals surface area contributed by atoms with Crippen molar-refractivity contribution in [3.05, 3.63) is 118 Å². The van der Waals surface area contributed by atoms with Gasteiger partial charge >= 0.3 is 11.8 Å². The zero-order valence-electron chi connectivity index (χ0n) is 19.8. The van der Waals surface area contributed by atoms with Crippen LogP contribution in [-0.4, -0.2) is 37.2 Å². The molecular formula is C26H24FN4O5S+. The first-order valence-corrected chi connectivity index (χ1v) is 12.8. The van der Waals surface area contributed by atoms with Crippen LogP contribution in [0.3, 0.4) is 0 Å². The van der Waals surface area contributed by atoms with E-state index >= 15 is 0 Å². The van der Waals surface area contributed by atoms with Crippen molar-refractivity contribution in [3.63, 3.8) is 0 Å². The van der Waals surface area contributed by atoms with Crippen LogP contribution in [0.25, 0.3) is 4.98 Å². The molecule has 190 valence electrons. The molecule has 1 saturated heterocycles. The van der Waals surface area contributed by atoms with Crippen LogP contribution in [0.5, 0.6) is 0 Å². The third kappa shape index (κ3) is 5.77. The summed E-state index contributed by atoms with van der Waals surface area (Å²) in [5.41, 5.74) is 1.29. The Kier molecular flexibility index (Phi) is 7.52. The van der Waals surface area contributed by atoms with Crippen LogP contribution in [0.1, 0.15) is 22.7 Å². The van der Waals surface area contributed by atoms with Crippen molar-refractivity contribution >= 4 is 16.1 Å². The summed E-state index contributed by atoms with van der Waals surface area (Å²) in [4.78, 5) is 16.6. The number of hydrogen-bond donors (Lipinski definition) is 2. The number of ether oxygens (including phenoxy) is 1. The Hall–Kier alpha value is -4.27. The molecular weight excluding hydrogens is 499 g/mol. The lowest BCUT2D eigenvalue weighted by Crippen LogP contribution is -2.37. The molecule has 4 rings (SSSR count). The summed E-state index contributed by atoms with van der Waals surface area (Å²) >= 11 is 0. The van der Waals surface area contributed by atoms with E-state index in [0.717, 1.165) is 28.2 Å². The zero-order chi connectivity index (χ0) is 26.6. The van der Waals surface area contributed by atoms with E-state index in [1.54, 1.807) is 19.1 Å². The minimum Gasteiger partial charge on any atom is -0.489 e. The number of halogens is 1. The molecule has 9 nitrogen and oxygen atoms in total. The fourth-order valence-electron chi connectivity index (χ4n) is 3.99. The second-order valence-electron chi connectivity index (χ2n) is 8.52. The molecule has 0 aromatic heterocycles. The van der Waals surface area contributed by atoms with E-state index in [-0.39, 0.29) is 17.1 Å². The molecule has 0 aliphatic carbocycles. The predicted octanol–water partition coefficient (Wildman–Crippen LogP) is 4.80. The summed E-state index contributed by atoms with van der Waals surface area (Å²) in [7, 11) is -4.22. The Labute approximate surface area is 213 Å². The van der Waals surface area contributed by atoms with E-state index in [1.807, 2.05) is 30.3 Å². The monoisotopic (exact) mass is 523 g/mol. The fourth-order valence-corrected chi connectivity index (χ4v) is 5.18. The standard InChI is InChI=1S/C26H23FN4O5S/c1-17-7-13-22(14-8-17)37(34,35)30-23(19-9-11-20(27)12-10-19)24(29-28)25(32)31-21(16-36-26(31)33)15-18-5-3-2-4-6-18/h2-14,21,23,30H,15-16H2,1H3/p+1/b25-24+/t21-,23+/m0/s1. The lowest BCUT2D eigenvalue weighted by atomic mass is 10.0. The van der Waals surface area contributed by atoms with E-state index < -0.39 is 45.6 Å². The molecule has 3 aromatic carbocycles. The van der Waals surface area contributed by atoms with Crippen molar-refractivity contribution in [2.24, 2.45) is 0 Å². The molecule has 1 aliphatic rings. The van der Waals surface area contributed by atoms with Gasteiger partial charge in [-0.2, -0.15) is 4.72 Å². The molecule has 2 N–H and O–H groups in total. The van der Waals surface area contributed by atoms with Crippen LogP contribution in [0.4, 0.5) is 9.18 Å². The second-order valence-corrected chi connectivity index (χ2v) is 10.2. The predicted molar refractivity (Wildman–Crippen MR) is 133 cm³/mol. The van der Waals surface area contributed by atoms with E-state index in [4.69, 9.17) is 4.74 Å². The highest BCUT2D eigenvalue weighted by atomic mass is 32.2. The van der Waals surface area contributed by atoms with Gasteiger partial charge in [-0.1, -0.05) is 60.2 Å². The third-order valence-electron chi connectivity index (χ3n) is 5.92. The van der Waals surface area contributed by atoms with Crippen molar-refractivity contribution < 1.29 is 27.4 Å². The number of aryl methyl sites for hydroxylation is 1. The molecule has 0 bridgehead atoms. The van der Waals surface area contributed by atoms with Crippen molar-refractivity contribution in [2.45, 2.75) is 30.3 Å². The summed E-state index contributed by atoms with van der Waals surface area (Å²) in [6.07, 6.45) is -0.579. The van der Waals surface area contributed by atoms with E-state index in [9.17, 15) is 28.1 Å². The molecule has 2 atom stereocenters. The highest BCUT2D eigenvalue weighted by Gasteiger charge is 2.44. The molecule has 1 aliphatic heterocycles. The summed E-state index contributed by atoms with van der Waals surface area (Å²) in [6, 6.07) is 17.8. The molecule has 37 heavy (non-hydrogen) atoms. The number of sulfonamides is 1. The van der Waals surface area contributed by atoms with Gasteiger partial charge in [0.25, 0.3) is 5.88 Å². The summed E-state index contributed by atoms with van der Waals surface area (Å²) in [6.45, 7) is 1.75. The molecule has 1 fully saturated rings. The number of aliphatic hydroxyl groups is 1. The Morgan fingerprint density at radius 1 is 1.14 bits per heavy atom. The maximum Gasteiger partial charge on any atom is 0.442 e. The molecule has 3 aromatic rings. The molecule has 0 spiro atoms. The van der Waals surface area contributed by atoms with Crippen LogP contribution in [0, 0.1) is 18.1 Å². The lowest BCUT2D eigenvalue weighted by molar-refractivity contribution is 0.147. The minimum atomic E-state index is -4.22. The van der Waals surface area contributed by atoms with Crippen molar-refractivity contribution in [3.8, 4) is 0 Å². The van der Waals surface area contributed by atoms with Gasteiger partial charge in [0.15, 0.2) is 11.0 Å². The number of aliphatic hydroxyl groups excluding tert-OH is 1. The average molecular weight is 524 g/mol. The Balaban J connectivity index is 1.76. The van der Waals surface area contributed by atoms with Gasteiger partial charge in [0, 0.05) is 0 Å². The highest BCUT2D eigenvalue weighted by molar-refractivity contribution is 7.89. The number of carbonyl (C=O) groups is 1. The first kappa shape index (κ1) is 25.8. The molecule has 11 heteroatoms. The maximum atomic E-state index is 13.6. The van der Waals surface area contributed by atoms with Crippen molar-refractivity contribution in [1.29, 1.82) is 5.39 Å². The first-order valence-electron chi connectivity index (χ1n) is 11.3. The second kappa shape index (κ2) is 10.8. The first-order chi connectivity index (χ1) is 17.7. The van der Waals surface area contributed by atoms with Gasteiger partial charge in [0.1, 0.15) is 12.4 Å². The number of carbonyl (C=O) groups excluding carboxylic acids is 1. The Morgan fingerprint density at radius 3 is 2.41 bits per heavy atom. The summed E-state index contributed by atoms with van der Waals surface area (Å²) in [5.74, 6) is -1.38. The van der Waals surface area contributed by atoms with Gasteiger partial charge in [-0.15, -0.1) is 0 Å². The summed E-state index contributed by atoms with van der Waals surface area (Å²) < 4.78 is 47.6. The molecule has 0 radical (unpaired) electrons. The van der Waals surface area contributed by atoms with Gasteiger partial charge < -0.3 is 9.84 Å². The highest BCUT2D eigenvalue weighted by Crippen LogP contribution is 2.31. The average Bonchev–Trinajstić information content (AvgIpc) is 3.24. The Bertz CT molecular complexity index is 1450. The molecule has 1 amide bonds. The van der Waals surface area contributed by atoms with Gasteiger partial charge in [-0.3, -0.25) is 0 Å². The van der Waals surface area contributed by atoms with Gasteiger partial charge in [0.05, 0.1) is 10.9 Å². The molecule has 0 unspecified atom stereocenters. The SMILES string of the molecule is Cc1ccc(S(=O)(=O)N[C@@H](/C([N+]#N)=C(\O)N2C(=O)OC[C@@H]2Cc2ccccc2)c2ccc(F)cc2)cc1. The van der Waals surface area contributed by atoms with Crippen LogP contribution < -0.4 is 4.72 Å². The van der Waals surface area contributed by atoms with E-state index in [0.29, 0.717) is 6.42 Å². The number of rotatable bonds is 8. The van der Waals surface area contributed by atoms with Crippen molar-refractivity contribution in [2.75, 3.05) is 6.61 Å². The smallest absolute Gasteiger partial charge is 0.442 e. The lowest BCUT2D eigenvalue weighted by Gasteiger charge is -2.21. The normalized spacial score (nSPS) is 17.1. The molecule has 0 saturated carbocycles. The number of nitrogens with zero attached hydrogens (tertiary/aromatic N) is 3. The zero-order valence-corrected chi connectivity index (χ0v) is 20.6. The van der Waals surface area contributed by atoms with Crippen LogP contribution in [-0.2, 0) is 21.2 Å². The number of benzene rings is 3. The van der Waals surface area contributed by atoms with Crippen LogP contribution >= 0.6 is 0 Å². The topological polar surface area (TPSA) is 124 Å². The van der Waals surface area contributed by atoms with E-state index in [1.165, 1.54) is 24.3 Å². The quantitative estimate of drug-likeness (QED) is 0.323. The number of cyclic esters (lactones) is 1. The van der Waals surface area contributed by atoms with Gasteiger partial charge in [0.2, 0.25) is 15.4 Å². The number of diazo groups is 1. The van der Waals surface area contributed by atoms with Crippen LogP contribution in [0.2, 0.25) is 0 Å². The number of hydrogen-bond acceptors (Lipinski definition) is 6. The number of amides is 1. The van der Waals surface area contributed by atoms with Crippen LogP contribution in [0.15, 0.2) is 95.3 Å². The van der Waals surface area contributed by atoms with Gasteiger partial charge in [-0.05, 0) is 48.7 Å². The Morgan fingerprint density at radius 2 is 1.78 bits per heavy atom. The van der Waals surface area contributed by atoms with E-state index in [2.05, 4.69) is 9.70 Å². The third-order valence-corrected chi connectivity index (χ3v) is 7.36. The van der Waals surface area contributed by atoms with Crippen molar-refractivity contribution in [1.82, 2.24) is 9.62 Å². The molecule has 1 heterocycles. The fraction of sp³-hybridized carbons (Fsp3) is 0.192. The summed E-state index contributed by atoms with van der Waals surface area (Å²) in [5, 5.41) is 21.1. The maximum absolute atomic E-state index is 13.6. The van der Waals surface area contributed by atoms with Gasteiger partial charge in [-0.25, -0.2) is 22.5 Å². The number of nitrogens with one attached hydrogen (secondary N) is 1.